The van der Waals surface area contributed by atoms with Crippen molar-refractivity contribution in [3.63, 3.8) is 0 Å². The highest BCUT2D eigenvalue weighted by atomic mass is 16.5. The molecule has 0 aromatic heterocycles. The fourth-order valence-corrected chi connectivity index (χ4v) is 3.46. The number of benzene rings is 3. The van der Waals surface area contributed by atoms with Gasteiger partial charge in [0.05, 0.1) is 13.2 Å². The summed E-state index contributed by atoms with van der Waals surface area (Å²) in [6.45, 7) is 1.45. The minimum Gasteiger partial charge on any atom is -0.497 e. The Morgan fingerprint density at radius 3 is 1.73 bits per heavy atom. The maximum atomic E-state index is 13.2. The predicted molar refractivity (Wildman–Crippen MR) is 127 cm³/mol. The number of hydrogen-bond acceptors (Lipinski definition) is 4. The van der Waals surface area contributed by atoms with E-state index in [9.17, 15) is 14.4 Å². The number of Topliss-reactive ketones (excluding diaryl/α,β-unsaturated/α-hetero) is 1. The van der Waals surface area contributed by atoms with E-state index in [1.807, 2.05) is 60.7 Å². The molecule has 0 unspecified atom stereocenters. The van der Waals surface area contributed by atoms with Crippen LogP contribution < -0.4 is 15.4 Å². The van der Waals surface area contributed by atoms with Gasteiger partial charge in [0.15, 0.2) is 5.78 Å². The Morgan fingerprint density at radius 2 is 1.24 bits per heavy atom. The minimum atomic E-state index is -0.848. The van der Waals surface area contributed by atoms with Gasteiger partial charge >= 0.3 is 0 Å². The Hall–Kier alpha value is -3.93. The Balaban J connectivity index is 1.77. The van der Waals surface area contributed by atoms with Gasteiger partial charge in [-0.05, 0) is 48.7 Å². The van der Waals surface area contributed by atoms with Crippen molar-refractivity contribution in [1.82, 2.24) is 10.6 Å². The highest BCUT2D eigenvalue weighted by molar-refractivity contribution is 5.98. The third-order valence-electron chi connectivity index (χ3n) is 5.35. The molecule has 3 aromatic rings. The molecule has 170 valence electrons. The van der Waals surface area contributed by atoms with Crippen molar-refractivity contribution in [3.05, 3.63) is 102 Å². The number of ketones is 1. The lowest BCUT2D eigenvalue weighted by molar-refractivity contribution is -0.128. The van der Waals surface area contributed by atoms with E-state index in [0.717, 1.165) is 11.1 Å². The van der Waals surface area contributed by atoms with Crippen LogP contribution in [0.25, 0.3) is 0 Å². The second-order valence-electron chi connectivity index (χ2n) is 7.81. The number of carbonyl (C=O) groups is 3. The van der Waals surface area contributed by atoms with E-state index in [-0.39, 0.29) is 11.7 Å². The van der Waals surface area contributed by atoms with E-state index in [1.165, 1.54) is 6.92 Å². The standard InChI is InChI=1S/C27H28N2O4/c1-19(30)24(17-20-9-5-3-6-10-20)28-27(32)25(18-21-11-7-4-8-12-21)29-26(31)22-13-15-23(33-2)16-14-22/h3-16,24-25H,17-18H2,1-2H3,(H,28,32)(H,29,31)/t24-,25-/m0/s1. The molecule has 0 aliphatic carbocycles. The summed E-state index contributed by atoms with van der Waals surface area (Å²) in [4.78, 5) is 38.3. The van der Waals surface area contributed by atoms with Crippen LogP contribution in [0, 0.1) is 0 Å². The van der Waals surface area contributed by atoms with Gasteiger partial charge in [-0.3, -0.25) is 14.4 Å². The zero-order valence-corrected chi connectivity index (χ0v) is 18.8. The van der Waals surface area contributed by atoms with Gasteiger partial charge in [0.25, 0.3) is 5.91 Å². The first-order valence-corrected chi connectivity index (χ1v) is 10.8. The summed E-state index contributed by atoms with van der Waals surface area (Å²) in [5, 5.41) is 5.66. The predicted octanol–water partition coefficient (Wildman–Crippen LogP) is 3.35. The minimum absolute atomic E-state index is 0.146. The van der Waals surface area contributed by atoms with E-state index in [1.54, 1.807) is 31.4 Å². The maximum Gasteiger partial charge on any atom is 0.251 e. The van der Waals surface area contributed by atoms with Crippen molar-refractivity contribution >= 4 is 17.6 Å². The third-order valence-corrected chi connectivity index (χ3v) is 5.35. The summed E-state index contributed by atoms with van der Waals surface area (Å²) < 4.78 is 5.13. The van der Waals surface area contributed by atoms with Gasteiger partial charge in [-0.2, -0.15) is 0 Å². The van der Waals surface area contributed by atoms with E-state index >= 15 is 0 Å². The molecule has 0 radical (unpaired) electrons. The zero-order chi connectivity index (χ0) is 23.6. The van der Waals surface area contributed by atoms with Crippen molar-refractivity contribution in [1.29, 1.82) is 0 Å². The number of nitrogens with one attached hydrogen (secondary N) is 2. The van der Waals surface area contributed by atoms with Gasteiger partial charge in [0, 0.05) is 12.0 Å². The highest BCUT2D eigenvalue weighted by Crippen LogP contribution is 2.12. The van der Waals surface area contributed by atoms with Gasteiger partial charge < -0.3 is 15.4 Å². The molecule has 0 spiro atoms. The number of rotatable bonds is 10. The maximum absolute atomic E-state index is 13.2. The van der Waals surface area contributed by atoms with Gasteiger partial charge in [-0.15, -0.1) is 0 Å². The largest absolute Gasteiger partial charge is 0.497 e. The lowest BCUT2D eigenvalue weighted by Gasteiger charge is -2.22. The third kappa shape index (κ3) is 7.04. The molecule has 33 heavy (non-hydrogen) atoms. The summed E-state index contributed by atoms with van der Waals surface area (Å²) in [5.74, 6) is -0.296. The van der Waals surface area contributed by atoms with E-state index in [0.29, 0.717) is 24.2 Å². The van der Waals surface area contributed by atoms with Crippen molar-refractivity contribution < 1.29 is 19.1 Å². The normalized spacial score (nSPS) is 12.3. The first kappa shape index (κ1) is 23.7. The number of amides is 2. The molecule has 2 atom stereocenters. The van der Waals surface area contributed by atoms with Gasteiger partial charge in [-0.1, -0.05) is 60.7 Å². The average Bonchev–Trinajstić information content (AvgIpc) is 2.84. The quantitative estimate of drug-likeness (QED) is 0.502. The Labute approximate surface area is 194 Å². The Morgan fingerprint density at radius 1 is 0.727 bits per heavy atom. The van der Waals surface area contributed by atoms with Crippen LogP contribution in [-0.4, -0.2) is 36.8 Å². The van der Waals surface area contributed by atoms with E-state index in [2.05, 4.69) is 10.6 Å². The van der Waals surface area contributed by atoms with Crippen LogP contribution in [0.3, 0.4) is 0 Å². The number of carbonyl (C=O) groups excluding carboxylic acids is 3. The molecule has 0 saturated heterocycles. The molecular formula is C27H28N2O4. The molecule has 0 fully saturated rings. The van der Waals surface area contributed by atoms with Crippen LogP contribution in [0.2, 0.25) is 0 Å². The second-order valence-corrected chi connectivity index (χ2v) is 7.81. The molecule has 3 aromatic carbocycles. The summed E-state index contributed by atoms with van der Waals surface area (Å²) in [6.07, 6.45) is 0.678. The van der Waals surface area contributed by atoms with Crippen molar-refractivity contribution in [2.45, 2.75) is 31.8 Å². The molecule has 0 saturated carbocycles. The molecule has 0 aliphatic rings. The van der Waals surface area contributed by atoms with Crippen LogP contribution in [0.1, 0.15) is 28.4 Å². The fraction of sp³-hybridized carbons (Fsp3) is 0.222. The van der Waals surface area contributed by atoms with Crippen LogP contribution in [0.5, 0.6) is 5.75 Å². The first-order valence-electron chi connectivity index (χ1n) is 10.8. The highest BCUT2D eigenvalue weighted by Gasteiger charge is 2.26. The van der Waals surface area contributed by atoms with Gasteiger partial charge in [0.1, 0.15) is 11.8 Å². The molecule has 0 bridgehead atoms. The number of methoxy groups -OCH3 is 1. The number of hydrogen-bond donors (Lipinski definition) is 2. The van der Waals surface area contributed by atoms with Crippen molar-refractivity contribution in [2.75, 3.05) is 7.11 Å². The lowest BCUT2D eigenvalue weighted by Crippen LogP contribution is -2.52. The molecule has 6 nitrogen and oxygen atoms in total. The SMILES string of the molecule is COc1ccc(C(=O)N[C@@H](Cc2ccccc2)C(=O)N[C@@H](Cc2ccccc2)C(C)=O)cc1. The Kier molecular flexibility index (Phi) is 8.36. The first-order chi connectivity index (χ1) is 16.0. The monoisotopic (exact) mass is 444 g/mol. The van der Waals surface area contributed by atoms with Crippen LogP contribution in [-0.2, 0) is 22.4 Å². The molecular weight excluding hydrogens is 416 g/mol. The topological polar surface area (TPSA) is 84.5 Å². The molecule has 2 N–H and O–H groups in total. The summed E-state index contributed by atoms with van der Waals surface area (Å²) in [7, 11) is 1.55. The molecule has 0 aliphatic heterocycles. The van der Waals surface area contributed by atoms with Crippen LogP contribution in [0.4, 0.5) is 0 Å². The Bertz CT molecular complexity index is 1070. The van der Waals surface area contributed by atoms with Crippen LogP contribution >= 0.6 is 0 Å². The van der Waals surface area contributed by atoms with Crippen molar-refractivity contribution in [3.8, 4) is 5.75 Å². The van der Waals surface area contributed by atoms with Gasteiger partial charge in [-0.25, -0.2) is 0 Å². The molecule has 6 heteroatoms. The summed E-state index contributed by atoms with van der Waals surface area (Å²) in [5.41, 5.74) is 2.25. The second kappa shape index (κ2) is 11.6. The summed E-state index contributed by atoms with van der Waals surface area (Å²) in [6, 6.07) is 24.1. The smallest absolute Gasteiger partial charge is 0.251 e. The fourth-order valence-electron chi connectivity index (χ4n) is 3.46. The van der Waals surface area contributed by atoms with Crippen molar-refractivity contribution in [2.24, 2.45) is 0 Å². The van der Waals surface area contributed by atoms with Crippen LogP contribution in [0.15, 0.2) is 84.9 Å². The average molecular weight is 445 g/mol. The molecule has 2 amide bonds. The summed E-state index contributed by atoms with van der Waals surface area (Å²) >= 11 is 0. The lowest BCUT2D eigenvalue weighted by atomic mass is 10.0. The van der Waals surface area contributed by atoms with Gasteiger partial charge in [0.2, 0.25) is 5.91 Å². The van der Waals surface area contributed by atoms with E-state index in [4.69, 9.17) is 4.74 Å². The zero-order valence-electron chi connectivity index (χ0n) is 18.8. The van der Waals surface area contributed by atoms with E-state index < -0.39 is 18.0 Å². The molecule has 3 rings (SSSR count). The molecule has 0 heterocycles. The number of ether oxygens (including phenoxy) is 1.